The maximum atomic E-state index is 5.67. The van der Waals surface area contributed by atoms with E-state index in [0.717, 1.165) is 23.7 Å². The lowest BCUT2D eigenvalue weighted by molar-refractivity contribution is 0.267. The van der Waals surface area contributed by atoms with Crippen molar-refractivity contribution in [3.63, 3.8) is 0 Å². The molecule has 3 nitrogen and oxygen atoms in total. The average molecular weight is 182 g/mol. The molecule has 0 bridgehead atoms. The summed E-state index contributed by atoms with van der Waals surface area (Å²) >= 11 is 0. The summed E-state index contributed by atoms with van der Waals surface area (Å²) in [6.07, 6.45) is 0. The first-order valence-corrected chi connectivity index (χ1v) is 4.65. The molecular formula is C10H18N2O. The van der Waals surface area contributed by atoms with Crippen LogP contribution >= 0.6 is 0 Å². The van der Waals surface area contributed by atoms with Crippen LogP contribution in [0.2, 0.25) is 0 Å². The highest BCUT2D eigenvalue weighted by molar-refractivity contribution is 5.31. The first-order valence-electron chi connectivity index (χ1n) is 4.65. The SMILES string of the molecule is Cc1nn(C)c(C)c1OCC(C)C. The molecular weight excluding hydrogens is 164 g/mol. The molecule has 0 amide bonds. The normalized spacial score (nSPS) is 10.9. The van der Waals surface area contributed by atoms with Crippen LogP contribution in [0.3, 0.4) is 0 Å². The number of rotatable bonds is 3. The Kier molecular flexibility index (Phi) is 2.96. The van der Waals surface area contributed by atoms with Crippen molar-refractivity contribution < 1.29 is 4.74 Å². The molecule has 0 unspecified atom stereocenters. The van der Waals surface area contributed by atoms with E-state index in [1.807, 2.05) is 25.6 Å². The van der Waals surface area contributed by atoms with E-state index in [4.69, 9.17) is 4.74 Å². The summed E-state index contributed by atoms with van der Waals surface area (Å²) in [6, 6.07) is 0. The zero-order valence-corrected chi connectivity index (χ0v) is 9.09. The van der Waals surface area contributed by atoms with E-state index in [9.17, 15) is 0 Å². The summed E-state index contributed by atoms with van der Waals surface area (Å²) in [5.74, 6) is 1.50. The summed E-state index contributed by atoms with van der Waals surface area (Å²) in [6.45, 7) is 9.04. The Morgan fingerprint density at radius 1 is 1.38 bits per heavy atom. The van der Waals surface area contributed by atoms with Gasteiger partial charge in [-0.3, -0.25) is 4.68 Å². The van der Waals surface area contributed by atoms with Gasteiger partial charge in [0.25, 0.3) is 0 Å². The zero-order valence-electron chi connectivity index (χ0n) is 9.09. The minimum atomic E-state index is 0.555. The van der Waals surface area contributed by atoms with E-state index in [0.29, 0.717) is 5.92 Å². The number of nitrogens with zero attached hydrogens (tertiary/aromatic N) is 2. The fourth-order valence-electron chi connectivity index (χ4n) is 1.21. The van der Waals surface area contributed by atoms with Crippen molar-refractivity contribution in [1.29, 1.82) is 0 Å². The molecule has 74 valence electrons. The summed E-state index contributed by atoms with van der Waals surface area (Å²) in [7, 11) is 1.94. The predicted molar refractivity (Wildman–Crippen MR) is 53.0 cm³/mol. The Labute approximate surface area is 79.7 Å². The molecule has 0 aliphatic heterocycles. The zero-order chi connectivity index (χ0) is 10.0. The van der Waals surface area contributed by atoms with Crippen molar-refractivity contribution in [2.24, 2.45) is 13.0 Å². The van der Waals surface area contributed by atoms with Gasteiger partial charge in [-0.05, 0) is 19.8 Å². The predicted octanol–water partition coefficient (Wildman–Crippen LogP) is 2.07. The highest BCUT2D eigenvalue weighted by Crippen LogP contribution is 2.21. The molecule has 1 rings (SSSR count). The summed E-state index contributed by atoms with van der Waals surface area (Å²) < 4.78 is 7.52. The van der Waals surface area contributed by atoms with Gasteiger partial charge in [-0.2, -0.15) is 5.10 Å². The van der Waals surface area contributed by atoms with Gasteiger partial charge in [-0.25, -0.2) is 0 Å². The van der Waals surface area contributed by atoms with Crippen molar-refractivity contribution in [3.05, 3.63) is 11.4 Å². The second-order valence-electron chi connectivity index (χ2n) is 3.83. The topological polar surface area (TPSA) is 27.1 Å². The lowest BCUT2D eigenvalue weighted by Gasteiger charge is -2.08. The number of hydrogen-bond acceptors (Lipinski definition) is 2. The third-order valence-corrected chi connectivity index (χ3v) is 2.00. The first kappa shape index (κ1) is 10.1. The molecule has 1 heterocycles. The van der Waals surface area contributed by atoms with Gasteiger partial charge < -0.3 is 4.74 Å². The van der Waals surface area contributed by atoms with Crippen molar-refractivity contribution in [1.82, 2.24) is 9.78 Å². The van der Waals surface area contributed by atoms with Crippen LogP contribution in [-0.2, 0) is 7.05 Å². The molecule has 0 saturated carbocycles. The van der Waals surface area contributed by atoms with E-state index in [-0.39, 0.29) is 0 Å². The van der Waals surface area contributed by atoms with Crippen LogP contribution in [0, 0.1) is 19.8 Å². The van der Waals surface area contributed by atoms with E-state index < -0.39 is 0 Å². The van der Waals surface area contributed by atoms with E-state index in [2.05, 4.69) is 18.9 Å². The maximum absolute atomic E-state index is 5.67. The van der Waals surface area contributed by atoms with E-state index in [1.165, 1.54) is 0 Å². The van der Waals surface area contributed by atoms with Gasteiger partial charge in [0.05, 0.1) is 12.3 Å². The molecule has 0 radical (unpaired) electrons. The minimum Gasteiger partial charge on any atom is -0.489 e. The number of aryl methyl sites for hydroxylation is 2. The molecule has 0 fully saturated rings. The molecule has 0 aliphatic rings. The van der Waals surface area contributed by atoms with Crippen LogP contribution in [0.5, 0.6) is 5.75 Å². The minimum absolute atomic E-state index is 0.555. The highest BCUT2D eigenvalue weighted by Gasteiger charge is 2.10. The van der Waals surface area contributed by atoms with Crippen LogP contribution in [0.25, 0.3) is 0 Å². The lowest BCUT2D eigenvalue weighted by atomic mass is 10.2. The Balaban J connectivity index is 2.76. The molecule has 0 N–H and O–H groups in total. The fraction of sp³-hybridized carbons (Fsp3) is 0.700. The van der Waals surface area contributed by atoms with Gasteiger partial charge >= 0.3 is 0 Å². The molecule has 0 saturated heterocycles. The standard InChI is InChI=1S/C10H18N2O/c1-7(2)6-13-10-8(3)11-12(5)9(10)4/h7H,6H2,1-5H3. The third-order valence-electron chi connectivity index (χ3n) is 2.00. The average Bonchev–Trinajstić information content (AvgIpc) is 2.24. The highest BCUT2D eigenvalue weighted by atomic mass is 16.5. The molecule has 0 atom stereocenters. The van der Waals surface area contributed by atoms with Gasteiger partial charge in [0.1, 0.15) is 5.69 Å². The van der Waals surface area contributed by atoms with Crippen LogP contribution in [0.15, 0.2) is 0 Å². The summed E-state index contributed by atoms with van der Waals surface area (Å²) in [5.41, 5.74) is 2.07. The Morgan fingerprint density at radius 2 is 2.00 bits per heavy atom. The van der Waals surface area contributed by atoms with Crippen molar-refractivity contribution in [3.8, 4) is 5.75 Å². The van der Waals surface area contributed by atoms with Gasteiger partial charge in [-0.15, -0.1) is 0 Å². The van der Waals surface area contributed by atoms with E-state index in [1.54, 1.807) is 0 Å². The summed E-state index contributed by atoms with van der Waals surface area (Å²) in [5, 5.41) is 4.28. The quantitative estimate of drug-likeness (QED) is 0.715. The van der Waals surface area contributed by atoms with Crippen LogP contribution in [0.4, 0.5) is 0 Å². The molecule has 1 aromatic rings. The Morgan fingerprint density at radius 3 is 2.38 bits per heavy atom. The second-order valence-corrected chi connectivity index (χ2v) is 3.83. The van der Waals surface area contributed by atoms with Crippen molar-refractivity contribution in [2.75, 3.05) is 6.61 Å². The Hall–Kier alpha value is -0.990. The monoisotopic (exact) mass is 182 g/mol. The fourth-order valence-corrected chi connectivity index (χ4v) is 1.21. The molecule has 13 heavy (non-hydrogen) atoms. The second kappa shape index (κ2) is 3.81. The van der Waals surface area contributed by atoms with Crippen molar-refractivity contribution in [2.45, 2.75) is 27.7 Å². The van der Waals surface area contributed by atoms with Gasteiger partial charge in [0.2, 0.25) is 0 Å². The maximum Gasteiger partial charge on any atom is 0.162 e. The van der Waals surface area contributed by atoms with Crippen LogP contribution < -0.4 is 4.74 Å². The summed E-state index contributed by atoms with van der Waals surface area (Å²) in [4.78, 5) is 0. The van der Waals surface area contributed by atoms with Gasteiger partial charge in [-0.1, -0.05) is 13.8 Å². The number of hydrogen-bond donors (Lipinski definition) is 0. The molecule has 0 aliphatic carbocycles. The molecule has 0 aromatic carbocycles. The van der Waals surface area contributed by atoms with Crippen LogP contribution in [-0.4, -0.2) is 16.4 Å². The van der Waals surface area contributed by atoms with Gasteiger partial charge in [0.15, 0.2) is 5.75 Å². The third kappa shape index (κ3) is 2.23. The molecule has 0 spiro atoms. The van der Waals surface area contributed by atoms with Crippen LogP contribution in [0.1, 0.15) is 25.2 Å². The largest absolute Gasteiger partial charge is 0.489 e. The molecule has 3 heteroatoms. The Bertz CT molecular complexity index is 289. The number of aromatic nitrogens is 2. The first-order chi connectivity index (χ1) is 6.02. The lowest BCUT2D eigenvalue weighted by Crippen LogP contribution is -2.05. The molecule has 1 aromatic heterocycles. The number of ether oxygens (including phenoxy) is 1. The van der Waals surface area contributed by atoms with Gasteiger partial charge in [0, 0.05) is 7.05 Å². The van der Waals surface area contributed by atoms with Crippen molar-refractivity contribution >= 4 is 0 Å². The smallest absolute Gasteiger partial charge is 0.162 e. The van der Waals surface area contributed by atoms with E-state index >= 15 is 0 Å².